The van der Waals surface area contributed by atoms with E-state index in [1.807, 2.05) is 35.2 Å². The number of hydrogen-bond acceptors (Lipinski definition) is 7. The van der Waals surface area contributed by atoms with E-state index in [1.165, 1.54) is 0 Å². The summed E-state index contributed by atoms with van der Waals surface area (Å²) in [6.07, 6.45) is 7.44. The van der Waals surface area contributed by atoms with Crippen molar-refractivity contribution in [1.82, 2.24) is 4.90 Å². The molecule has 0 unspecified atom stereocenters. The number of hydrogen-bond donors (Lipinski definition) is 0. The number of terminal acetylenes is 1. The van der Waals surface area contributed by atoms with Gasteiger partial charge < -0.3 is 29.3 Å². The van der Waals surface area contributed by atoms with Gasteiger partial charge >= 0.3 is 0 Å². The van der Waals surface area contributed by atoms with E-state index in [2.05, 4.69) is 10.9 Å². The van der Waals surface area contributed by atoms with Crippen LogP contribution in [0, 0.1) is 12.3 Å². The molecule has 2 N–H and O–H groups in total. The second kappa shape index (κ2) is 11.5. The molecule has 8 nitrogen and oxygen atoms in total. The van der Waals surface area contributed by atoms with E-state index in [9.17, 15) is 0 Å². The molecule has 170 valence electrons. The first-order valence-corrected chi connectivity index (χ1v) is 9.65. The van der Waals surface area contributed by atoms with Crippen LogP contribution in [0.25, 0.3) is 0 Å². The summed E-state index contributed by atoms with van der Waals surface area (Å²) in [7, 11) is 3.27. The molecule has 4 rings (SSSR count). The summed E-state index contributed by atoms with van der Waals surface area (Å²) in [6, 6.07) is 9.63. The summed E-state index contributed by atoms with van der Waals surface area (Å²) in [5.74, 6) is 4.77. The molecule has 0 radical (unpaired) electrons. The van der Waals surface area contributed by atoms with E-state index in [0.29, 0.717) is 44.5 Å². The normalized spacial score (nSPS) is 12.8. The van der Waals surface area contributed by atoms with Crippen molar-refractivity contribution in [2.75, 3.05) is 40.6 Å². The second-order valence-electron chi connectivity index (χ2n) is 6.75. The Kier molecular flexibility index (Phi) is 9.05. The molecule has 9 heteroatoms. The minimum absolute atomic E-state index is 0. The second-order valence-corrected chi connectivity index (χ2v) is 6.75. The van der Waals surface area contributed by atoms with Gasteiger partial charge in [-0.15, -0.1) is 18.8 Å². The topological polar surface area (TPSA) is 96.4 Å². The third-order valence-electron chi connectivity index (χ3n) is 4.86. The highest BCUT2D eigenvalue weighted by Crippen LogP contribution is 2.40. The number of benzene rings is 2. The Morgan fingerprint density at radius 2 is 1.69 bits per heavy atom. The number of methoxy groups -OCH3 is 2. The zero-order valence-electron chi connectivity index (χ0n) is 18.0. The van der Waals surface area contributed by atoms with Crippen molar-refractivity contribution in [1.29, 1.82) is 0 Å². The molecule has 0 aliphatic carbocycles. The molecular weight excluding hydrogens is 434 g/mol. The van der Waals surface area contributed by atoms with Crippen LogP contribution in [-0.4, -0.2) is 63.2 Å². The third-order valence-corrected chi connectivity index (χ3v) is 4.86. The van der Waals surface area contributed by atoms with Crippen molar-refractivity contribution >= 4 is 36.0 Å². The molecule has 0 amide bonds. The number of halogens is 1. The van der Waals surface area contributed by atoms with Gasteiger partial charge in [-0.2, -0.15) is 0 Å². The first kappa shape index (κ1) is 25.2. The van der Waals surface area contributed by atoms with Crippen molar-refractivity contribution < 1.29 is 24.4 Å². The van der Waals surface area contributed by atoms with Crippen LogP contribution in [-0.2, 0) is 16.0 Å². The summed E-state index contributed by atoms with van der Waals surface area (Å²) in [5, 5.41) is 0. The van der Waals surface area contributed by atoms with Crippen LogP contribution in [0.2, 0.25) is 0 Å². The molecule has 2 aromatic carbocycles. The number of rotatable bonds is 8. The predicted octanol–water partition coefficient (Wildman–Crippen LogP) is 2.88. The van der Waals surface area contributed by atoms with Gasteiger partial charge in [0.25, 0.3) is 0 Å². The molecule has 2 aromatic rings. The zero-order valence-corrected chi connectivity index (χ0v) is 18.8. The first-order valence-electron chi connectivity index (χ1n) is 9.65. The SMILES string of the molecule is C#Cc1cccc2c1CN1C=Nc3cc(OCCOC)c(OCCOC)cc3C1=N2.Cl.O. The molecule has 0 aromatic heterocycles. The average molecular weight is 460 g/mol. The minimum atomic E-state index is 0. The molecule has 0 fully saturated rings. The summed E-state index contributed by atoms with van der Waals surface area (Å²) >= 11 is 0. The summed E-state index contributed by atoms with van der Waals surface area (Å²) in [5.41, 5.74) is 4.39. The quantitative estimate of drug-likeness (QED) is 0.446. The van der Waals surface area contributed by atoms with E-state index >= 15 is 0 Å². The van der Waals surface area contributed by atoms with Crippen molar-refractivity contribution in [2.24, 2.45) is 9.98 Å². The first-order chi connectivity index (χ1) is 14.7. The number of fused-ring (bicyclic) bond motifs is 4. The Labute approximate surface area is 193 Å². The highest BCUT2D eigenvalue weighted by molar-refractivity contribution is 6.12. The van der Waals surface area contributed by atoms with Gasteiger partial charge in [0, 0.05) is 37.0 Å². The van der Waals surface area contributed by atoms with Gasteiger partial charge in [-0.25, -0.2) is 9.98 Å². The number of nitrogens with zero attached hydrogens (tertiary/aromatic N) is 3. The average Bonchev–Trinajstić information content (AvgIpc) is 2.77. The van der Waals surface area contributed by atoms with Gasteiger partial charge in [0.05, 0.1) is 37.5 Å². The van der Waals surface area contributed by atoms with Gasteiger partial charge in [-0.1, -0.05) is 12.0 Å². The van der Waals surface area contributed by atoms with Crippen LogP contribution >= 0.6 is 12.4 Å². The summed E-state index contributed by atoms with van der Waals surface area (Å²) in [6.45, 7) is 2.39. The number of aliphatic imine (C=N–C) groups is 2. The van der Waals surface area contributed by atoms with E-state index in [1.54, 1.807) is 20.6 Å². The van der Waals surface area contributed by atoms with E-state index in [0.717, 1.165) is 33.9 Å². The summed E-state index contributed by atoms with van der Waals surface area (Å²) < 4.78 is 22.0. The van der Waals surface area contributed by atoms with Crippen molar-refractivity contribution in [3.05, 3.63) is 47.0 Å². The Bertz CT molecular complexity index is 1050. The molecule has 32 heavy (non-hydrogen) atoms. The lowest BCUT2D eigenvalue weighted by molar-refractivity contribution is 0.132. The van der Waals surface area contributed by atoms with Crippen molar-refractivity contribution in [2.45, 2.75) is 6.54 Å². The number of amidine groups is 1. The van der Waals surface area contributed by atoms with Gasteiger partial charge in [-0.05, 0) is 18.2 Å². The molecule has 2 aliphatic heterocycles. The van der Waals surface area contributed by atoms with Crippen LogP contribution in [0.15, 0.2) is 40.3 Å². The van der Waals surface area contributed by atoms with Crippen LogP contribution < -0.4 is 9.47 Å². The Balaban J connectivity index is 0.00000181. The van der Waals surface area contributed by atoms with Crippen LogP contribution in [0.1, 0.15) is 16.7 Å². The summed E-state index contributed by atoms with van der Waals surface area (Å²) in [4.78, 5) is 11.5. The van der Waals surface area contributed by atoms with Crippen LogP contribution in [0.5, 0.6) is 11.5 Å². The van der Waals surface area contributed by atoms with Crippen molar-refractivity contribution in [3.8, 4) is 23.8 Å². The predicted molar refractivity (Wildman–Crippen MR) is 126 cm³/mol. The highest BCUT2D eigenvalue weighted by Gasteiger charge is 2.28. The van der Waals surface area contributed by atoms with Crippen LogP contribution in [0.4, 0.5) is 11.4 Å². The minimum Gasteiger partial charge on any atom is -0.487 e. The maximum atomic E-state index is 5.92. The fourth-order valence-electron chi connectivity index (χ4n) is 3.38. The maximum Gasteiger partial charge on any atom is 0.163 e. The fourth-order valence-corrected chi connectivity index (χ4v) is 3.38. The van der Waals surface area contributed by atoms with Gasteiger partial charge in [0.2, 0.25) is 0 Å². The lowest BCUT2D eigenvalue weighted by Gasteiger charge is -2.31. The maximum absolute atomic E-state index is 5.92. The van der Waals surface area contributed by atoms with E-state index in [-0.39, 0.29) is 17.9 Å². The molecule has 2 heterocycles. The Morgan fingerprint density at radius 3 is 2.34 bits per heavy atom. The van der Waals surface area contributed by atoms with E-state index in [4.69, 9.17) is 30.4 Å². The molecule has 0 spiro atoms. The third kappa shape index (κ3) is 5.03. The fraction of sp³-hybridized carbons (Fsp3) is 0.304. The molecule has 0 saturated carbocycles. The monoisotopic (exact) mass is 459 g/mol. The van der Waals surface area contributed by atoms with Gasteiger partial charge in [0.1, 0.15) is 19.0 Å². The zero-order chi connectivity index (χ0) is 20.9. The largest absolute Gasteiger partial charge is 0.487 e. The number of ether oxygens (including phenoxy) is 4. The smallest absolute Gasteiger partial charge is 0.163 e. The molecule has 0 bridgehead atoms. The van der Waals surface area contributed by atoms with Crippen LogP contribution in [0.3, 0.4) is 0 Å². The Hall–Kier alpha value is -3.09. The molecular formula is C23H26ClN3O5. The van der Waals surface area contributed by atoms with E-state index < -0.39 is 0 Å². The van der Waals surface area contributed by atoms with Gasteiger partial charge in [-0.3, -0.25) is 0 Å². The molecule has 0 atom stereocenters. The van der Waals surface area contributed by atoms with Gasteiger partial charge in [0.15, 0.2) is 11.5 Å². The Morgan fingerprint density at radius 1 is 1.00 bits per heavy atom. The highest BCUT2D eigenvalue weighted by atomic mass is 35.5. The molecule has 0 saturated heterocycles. The lowest BCUT2D eigenvalue weighted by Crippen LogP contribution is -2.34. The lowest BCUT2D eigenvalue weighted by atomic mass is 10.0. The van der Waals surface area contributed by atoms with Crippen molar-refractivity contribution in [3.63, 3.8) is 0 Å². The standard InChI is InChI=1S/C23H23N3O4.ClH.H2O/c1-4-16-6-5-7-19-18(16)14-26-15-24-20-13-22(30-11-9-28-3)21(29-10-8-27-2)12-17(20)23(26)25-19;;/h1,5-7,12-13,15H,8-11,14H2,2-3H3;1H;1H2. The molecule has 2 aliphatic rings.